The monoisotopic (exact) mass is 299 g/mol. The van der Waals surface area contributed by atoms with Gasteiger partial charge in [-0.15, -0.1) is 11.6 Å². The van der Waals surface area contributed by atoms with Crippen molar-refractivity contribution in [3.05, 3.63) is 59.7 Å². The van der Waals surface area contributed by atoms with E-state index < -0.39 is 0 Å². The Morgan fingerprint density at radius 2 is 2.14 bits per heavy atom. The maximum absolute atomic E-state index is 6.31. The summed E-state index contributed by atoms with van der Waals surface area (Å²) in [6.45, 7) is 4.93. The fourth-order valence-electron chi connectivity index (χ4n) is 2.58. The molecule has 0 fully saturated rings. The molecule has 4 heteroatoms. The minimum atomic E-state index is -0.105. The van der Waals surface area contributed by atoms with Gasteiger partial charge in [-0.25, -0.2) is 4.98 Å². The zero-order chi connectivity index (χ0) is 14.8. The third-order valence-corrected chi connectivity index (χ3v) is 3.83. The van der Waals surface area contributed by atoms with E-state index in [4.69, 9.17) is 11.6 Å². The first kappa shape index (κ1) is 14.1. The lowest BCUT2D eigenvalue weighted by molar-refractivity contribution is 0.667. The van der Waals surface area contributed by atoms with Crippen molar-refractivity contribution in [2.45, 2.75) is 32.2 Å². The molecule has 1 aromatic carbocycles. The normalized spacial score (nSPS) is 12.7. The first-order valence-electron chi connectivity index (χ1n) is 7.15. The molecule has 0 amide bonds. The minimum Gasteiger partial charge on any atom is -0.326 e. The van der Waals surface area contributed by atoms with E-state index in [1.165, 1.54) is 11.1 Å². The van der Waals surface area contributed by atoms with Gasteiger partial charge in [-0.1, -0.05) is 12.1 Å². The standard InChI is InChI=1S/C17H18ClN3/c1-12-5-6-15-16(10-12)21(17(20-15)13(2)18)9-7-14-4-3-8-19-11-14/h3-6,8,10-11,13H,7,9H2,1-2H3. The van der Waals surface area contributed by atoms with Crippen molar-refractivity contribution in [2.75, 3.05) is 0 Å². The van der Waals surface area contributed by atoms with Gasteiger partial charge in [0.2, 0.25) is 0 Å². The molecule has 108 valence electrons. The van der Waals surface area contributed by atoms with E-state index in [2.05, 4.69) is 45.7 Å². The van der Waals surface area contributed by atoms with E-state index in [1.54, 1.807) is 6.20 Å². The second-order valence-electron chi connectivity index (χ2n) is 5.34. The smallest absolute Gasteiger partial charge is 0.127 e. The molecule has 0 spiro atoms. The van der Waals surface area contributed by atoms with E-state index in [9.17, 15) is 0 Å². The van der Waals surface area contributed by atoms with Gasteiger partial charge < -0.3 is 4.57 Å². The number of halogens is 1. The third-order valence-electron chi connectivity index (χ3n) is 3.64. The predicted molar refractivity (Wildman–Crippen MR) is 86.7 cm³/mol. The van der Waals surface area contributed by atoms with Crippen LogP contribution in [0.3, 0.4) is 0 Å². The van der Waals surface area contributed by atoms with Crippen molar-refractivity contribution >= 4 is 22.6 Å². The summed E-state index contributed by atoms with van der Waals surface area (Å²) in [7, 11) is 0. The lowest BCUT2D eigenvalue weighted by atomic mass is 10.2. The number of hydrogen-bond donors (Lipinski definition) is 0. The Balaban J connectivity index is 1.98. The topological polar surface area (TPSA) is 30.7 Å². The Kier molecular flexibility index (Phi) is 3.93. The van der Waals surface area contributed by atoms with Crippen molar-refractivity contribution in [2.24, 2.45) is 0 Å². The molecule has 0 saturated carbocycles. The van der Waals surface area contributed by atoms with Gasteiger partial charge in [-0.05, 0) is 49.6 Å². The van der Waals surface area contributed by atoms with Crippen LogP contribution in [0.15, 0.2) is 42.7 Å². The van der Waals surface area contributed by atoms with Gasteiger partial charge in [0.15, 0.2) is 0 Å². The average Bonchev–Trinajstić information content (AvgIpc) is 2.84. The van der Waals surface area contributed by atoms with E-state index in [1.807, 2.05) is 19.2 Å². The average molecular weight is 300 g/mol. The van der Waals surface area contributed by atoms with Crippen LogP contribution in [0.25, 0.3) is 11.0 Å². The number of imidazole rings is 1. The molecule has 0 bridgehead atoms. The van der Waals surface area contributed by atoms with Crippen molar-refractivity contribution in [3.63, 3.8) is 0 Å². The molecule has 3 rings (SSSR count). The highest BCUT2D eigenvalue weighted by atomic mass is 35.5. The number of pyridine rings is 1. The van der Waals surface area contributed by atoms with Crippen LogP contribution in [-0.2, 0) is 13.0 Å². The molecule has 1 atom stereocenters. The highest BCUT2D eigenvalue weighted by Crippen LogP contribution is 2.25. The van der Waals surface area contributed by atoms with Crippen LogP contribution in [-0.4, -0.2) is 14.5 Å². The van der Waals surface area contributed by atoms with Crippen LogP contribution in [0.2, 0.25) is 0 Å². The van der Waals surface area contributed by atoms with E-state index in [0.717, 1.165) is 29.8 Å². The number of aryl methyl sites for hydroxylation is 3. The maximum atomic E-state index is 6.31. The quantitative estimate of drug-likeness (QED) is 0.673. The predicted octanol–water partition coefficient (Wildman–Crippen LogP) is 4.28. The number of benzene rings is 1. The van der Waals surface area contributed by atoms with Gasteiger partial charge >= 0.3 is 0 Å². The molecule has 2 heterocycles. The van der Waals surface area contributed by atoms with Gasteiger partial charge in [0.1, 0.15) is 5.82 Å². The van der Waals surface area contributed by atoms with Crippen molar-refractivity contribution in [1.29, 1.82) is 0 Å². The lowest BCUT2D eigenvalue weighted by Crippen LogP contribution is -2.07. The highest BCUT2D eigenvalue weighted by molar-refractivity contribution is 6.20. The van der Waals surface area contributed by atoms with Gasteiger partial charge in [0.25, 0.3) is 0 Å². The molecule has 3 nitrogen and oxygen atoms in total. The van der Waals surface area contributed by atoms with Gasteiger partial charge in [0, 0.05) is 18.9 Å². The summed E-state index contributed by atoms with van der Waals surface area (Å²) in [5, 5.41) is -0.105. The Morgan fingerprint density at radius 1 is 1.29 bits per heavy atom. The summed E-state index contributed by atoms with van der Waals surface area (Å²) in [5.74, 6) is 0.932. The second kappa shape index (κ2) is 5.86. The van der Waals surface area contributed by atoms with Gasteiger partial charge in [-0.3, -0.25) is 4.98 Å². The molecule has 0 saturated heterocycles. The molecular formula is C17H18ClN3. The second-order valence-corrected chi connectivity index (χ2v) is 6.00. The van der Waals surface area contributed by atoms with Crippen LogP contribution in [0, 0.1) is 6.92 Å². The summed E-state index contributed by atoms with van der Waals surface area (Å²) in [5.41, 5.74) is 4.62. The van der Waals surface area contributed by atoms with E-state index >= 15 is 0 Å². The number of fused-ring (bicyclic) bond motifs is 1. The summed E-state index contributed by atoms with van der Waals surface area (Å²) in [6.07, 6.45) is 4.63. The Morgan fingerprint density at radius 3 is 2.86 bits per heavy atom. The van der Waals surface area contributed by atoms with Crippen molar-refractivity contribution < 1.29 is 0 Å². The molecule has 0 aliphatic carbocycles. The molecule has 0 N–H and O–H groups in total. The fourth-order valence-corrected chi connectivity index (χ4v) is 2.74. The number of alkyl halides is 1. The van der Waals surface area contributed by atoms with E-state index in [0.29, 0.717) is 0 Å². The molecule has 0 aliphatic heterocycles. The number of hydrogen-bond acceptors (Lipinski definition) is 2. The van der Waals surface area contributed by atoms with Crippen LogP contribution < -0.4 is 0 Å². The van der Waals surface area contributed by atoms with Crippen LogP contribution in [0.1, 0.15) is 29.3 Å². The summed E-state index contributed by atoms with van der Waals surface area (Å²) in [4.78, 5) is 8.85. The molecular weight excluding hydrogens is 282 g/mol. The summed E-state index contributed by atoms with van der Waals surface area (Å²) >= 11 is 6.31. The van der Waals surface area contributed by atoms with Crippen LogP contribution >= 0.6 is 11.6 Å². The maximum Gasteiger partial charge on any atom is 0.127 e. The number of rotatable bonds is 4. The zero-order valence-electron chi connectivity index (χ0n) is 12.3. The zero-order valence-corrected chi connectivity index (χ0v) is 13.0. The van der Waals surface area contributed by atoms with Gasteiger partial charge in [0.05, 0.1) is 16.4 Å². The number of aromatic nitrogens is 3. The first-order chi connectivity index (χ1) is 10.1. The Labute approximate surface area is 129 Å². The Bertz CT molecular complexity index is 747. The summed E-state index contributed by atoms with van der Waals surface area (Å²) < 4.78 is 2.23. The van der Waals surface area contributed by atoms with Crippen LogP contribution in [0.5, 0.6) is 0 Å². The molecule has 21 heavy (non-hydrogen) atoms. The molecule has 2 aromatic heterocycles. The van der Waals surface area contributed by atoms with Crippen molar-refractivity contribution in [1.82, 2.24) is 14.5 Å². The van der Waals surface area contributed by atoms with E-state index in [-0.39, 0.29) is 5.38 Å². The largest absolute Gasteiger partial charge is 0.326 e. The highest BCUT2D eigenvalue weighted by Gasteiger charge is 2.14. The first-order valence-corrected chi connectivity index (χ1v) is 7.58. The molecule has 3 aromatic rings. The molecule has 1 unspecified atom stereocenters. The fraction of sp³-hybridized carbons (Fsp3) is 0.294. The third kappa shape index (κ3) is 2.93. The summed E-state index contributed by atoms with van der Waals surface area (Å²) in [6, 6.07) is 10.4. The molecule has 0 radical (unpaired) electrons. The lowest BCUT2D eigenvalue weighted by Gasteiger charge is -2.10. The minimum absolute atomic E-state index is 0.105. The molecule has 0 aliphatic rings. The number of nitrogens with zero attached hydrogens (tertiary/aromatic N) is 3. The SMILES string of the molecule is Cc1ccc2nc(C(C)Cl)n(CCc3cccnc3)c2c1. The Hall–Kier alpha value is -1.87. The van der Waals surface area contributed by atoms with Crippen molar-refractivity contribution in [3.8, 4) is 0 Å². The van der Waals surface area contributed by atoms with Crippen LogP contribution in [0.4, 0.5) is 0 Å². The van der Waals surface area contributed by atoms with Gasteiger partial charge in [-0.2, -0.15) is 0 Å².